The Hall–Kier alpha value is -0.380. The zero-order chi connectivity index (χ0) is 11.8. The third-order valence-electron chi connectivity index (χ3n) is 4.53. The predicted molar refractivity (Wildman–Crippen MR) is 73.4 cm³/mol. The molecule has 2 heterocycles. The van der Waals surface area contributed by atoms with Crippen molar-refractivity contribution in [1.29, 1.82) is 0 Å². The summed E-state index contributed by atoms with van der Waals surface area (Å²) in [5, 5.41) is 2.24. The number of fused-ring (bicyclic) bond motifs is 1. The van der Waals surface area contributed by atoms with Gasteiger partial charge in [0.25, 0.3) is 0 Å². The SMILES string of the molecule is CC1c2ccsc2CCN1C1CCCCC1N. The summed E-state index contributed by atoms with van der Waals surface area (Å²) in [6, 6.07) is 3.89. The smallest absolute Gasteiger partial charge is 0.0334 e. The Kier molecular flexibility index (Phi) is 3.24. The van der Waals surface area contributed by atoms with Gasteiger partial charge in [-0.25, -0.2) is 0 Å². The number of hydrogen-bond donors (Lipinski definition) is 1. The molecule has 17 heavy (non-hydrogen) atoms. The van der Waals surface area contributed by atoms with Gasteiger partial charge < -0.3 is 5.73 Å². The van der Waals surface area contributed by atoms with Gasteiger partial charge in [-0.2, -0.15) is 0 Å². The monoisotopic (exact) mass is 250 g/mol. The highest BCUT2D eigenvalue weighted by atomic mass is 32.1. The first-order chi connectivity index (χ1) is 8.27. The maximum atomic E-state index is 6.33. The van der Waals surface area contributed by atoms with E-state index in [1.165, 1.54) is 38.6 Å². The van der Waals surface area contributed by atoms with Gasteiger partial charge in [-0.1, -0.05) is 12.8 Å². The van der Waals surface area contributed by atoms with Crippen molar-refractivity contribution in [2.45, 2.75) is 57.2 Å². The van der Waals surface area contributed by atoms with Crippen LogP contribution in [0.5, 0.6) is 0 Å². The van der Waals surface area contributed by atoms with E-state index in [9.17, 15) is 0 Å². The third-order valence-corrected chi connectivity index (χ3v) is 5.53. The molecule has 1 aromatic rings. The van der Waals surface area contributed by atoms with Crippen molar-refractivity contribution in [2.24, 2.45) is 5.73 Å². The molecule has 0 aromatic carbocycles. The molecule has 0 radical (unpaired) electrons. The second-order valence-corrected chi connectivity index (χ2v) is 6.48. The van der Waals surface area contributed by atoms with E-state index in [4.69, 9.17) is 5.73 Å². The molecule has 94 valence electrons. The van der Waals surface area contributed by atoms with E-state index in [1.807, 2.05) is 11.3 Å². The maximum absolute atomic E-state index is 6.33. The maximum Gasteiger partial charge on any atom is 0.0334 e. The van der Waals surface area contributed by atoms with E-state index in [0.717, 1.165) is 0 Å². The Morgan fingerprint density at radius 2 is 2.18 bits per heavy atom. The highest BCUT2D eigenvalue weighted by Crippen LogP contribution is 2.36. The zero-order valence-electron chi connectivity index (χ0n) is 10.6. The van der Waals surface area contributed by atoms with Crippen molar-refractivity contribution in [3.8, 4) is 0 Å². The summed E-state index contributed by atoms with van der Waals surface area (Å²) >= 11 is 1.92. The molecule has 0 amide bonds. The van der Waals surface area contributed by atoms with Gasteiger partial charge in [0.1, 0.15) is 0 Å². The van der Waals surface area contributed by atoms with E-state index in [0.29, 0.717) is 18.1 Å². The summed E-state index contributed by atoms with van der Waals surface area (Å²) in [6.07, 6.45) is 6.41. The van der Waals surface area contributed by atoms with Crippen LogP contribution >= 0.6 is 11.3 Å². The number of rotatable bonds is 1. The molecule has 3 unspecified atom stereocenters. The first kappa shape index (κ1) is 11.7. The zero-order valence-corrected chi connectivity index (χ0v) is 11.4. The van der Waals surface area contributed by atoms with Crippen LogP contribution in [0.1, 0.15) is 49.1 Å². The van der Waals surface area contributed by atoms with E-state index in [2.05, 4.69) is 23.3 Å². The fraction of sp³-hybridized carbons (Fsp3) is 0.714. The van der Waals surface area contributed by atoms with E-state index in [1.54, 1.807) is 10.4 Å². The van der Waals surface area contributed by atoms with Gasteiger partial charge in [-0.3, -0.25) is 4.90 Å². The summed E-state index contributed by atoms with van der Waals surface area (Å²) in [5.41, 5.74) is 7.88. The molecular formula is C14H22N2S. The minimum Gasteiger partial charge on any atom is -0.326 e. The minimum absolute atomic E-state index is 0.395. The summed E-state index contributed by atoms with van der Waals surface area (Å²) in [6.45, 7) is 3.55. The summed E-state index contributed by atoms with van der Waals surface area (Å²) in [7, 11) is 0. The van der Waals surface area contributed by atoms with Crippen LogP contribution in [0.4, 0.5) is 0 Å². The molecule has 1 aromatic heterocycles. The second kappa shape index (κ2) is 4.71. The van der Waals surface area contributed by atoms with E-state index < -0.39 is 0 Å². The van der Waals surface area contributed by atoms with Crippen LogP contribution in [-0.2, 0) is 6.42 Å². The summed E-state index contributed by atoms with van der Waals surface area (Å²) in [4.78, 5) is 4.26. The van der Waals surface area contributed by atoms with Crippen LogP contribution < -0.4 is 5.73 Å². The molecule has 1 saturated carbocycles. The van der Waals surface area contributed by atoms with Crippen LogP contribution in [0.15, 0.2) is 11.4 Å². The van der Waals surface area contributed by atoms with Gasteiger partial charge in [-0.15, -0.1) is 11.3 Å². The molecule has 0 spiro atoms. The highest BCUT2D eigenvalue weighted by molar-refractivity contribution is 7.10. The van der Waals surface area contributed by atoms with Crippen molar-refractivity contribution in [1.82, 2.24) is 4.90 Å². The van der Waals surface area contributed by atoms with E-state index >= 15 is 0 Å². The Morgan fingerprint density at radius 1 is 1.35 bits per heavy atom. The average molecular weight is 250 g/mol. The molecule has 2 aliphatic rings. The standard InChI is InChI=1S/C14H22N2S/c1-10-11-7-9-17-14(11)6-8-16(10)13-5-3-2-4-12(13)15/h7,9-10,12-13H,2-6,8,15H2,1H3. The van der Waals surface area contributed by atoms with Gasteiger partial charge in [0.05, 0.1) is 0 Å². The normalized spacial score (nSPS) is 34.6. The largest absolute Gasteiger partial charge is 0.326 e. The third kappa shape index (κ3) is 2.05. The first-order valence-corrected chi connectivity index (χ1v) is 7.73. The van der Waals surface area contributed by atoms with Crippen LogP contribution in [0.25, 0.3) is 0 Å². The lowest BCUT2D eigenvalue weighted by Crippen LogP contribution is -2.52. The number of hydrogen-bond acceptors (Lipinski definition) is 3. The van der Waals surface area contributed by atoms with Crippen LogP contribution in [0.2, 0.25) is 0 Å². The van der Waals surface area contributed by atoms with Gasteiger partial charge in [-0.05, 0) is 43.2 Å². The average Bonchev–Trinajstić information content (AvgIpc) is 2.80. The van der Waals surface area contributed by atoms with Gasteiger partial charge >= 0.3 is 0 Å². The molecule has 3 heteroatoms. The molecule has 1 aliphatic heterocycles. The molecule has 1 aliphatic carbocycles. The first-order valence-electron chi connectivity index (χ1n) is 6.85. The fourth-order valence-electron chi connectivity index (χ4n) is 3.53. The Labute approximate surface area is 108 Å². The Balaban J connectivity index is 1.81. The molecule has 2 N–H and O–H groups in total. The highest BCUT2D eigenvalue weighted by Gasteiger charge is 2.34. The number of nitrogens with two attached hydrogens (primary N) is 1. The molecular weight excluding hydrogens is 228 g/mol. The number of nitrogens with zero attached hydrogens (tertiary/aromatic N) is 1. The Bertz CT molecular complexity index is 387. The quantitative estimate of drug-likeness (QED) is 0.830. The molecule has 3 atom stereocenters. The van der Waals surface area contributed by atoms with Crippen LogP contribution in [0.3, 0.4) is 0 Å². The van der Waals surface area contributed by atoms with Crippen molar-refractivity contribution < 1.29 is 0 Å². The van der Waals surface area contributed by atoms with Gasteiger partial charge in [0.2, 0.25) is 0 Å². The van der Waals surface area contributed by atoms with E-state index in [-0.39, 0.29) is 0 Å². The van der Waals surface area contributed by atoms with Crippen molar-refractivity contribution in [2.75, 3.05) is 6.54 Å². The van der Waals surface area contributed by atoms with Crippen LogP contribution in [0, 0.1) is 0 Å². The molecule has 0 saturated heterocycles. The van der Waals surface area contributed by atoms with Crippen molar-refractivity contribution >= 4 is 11.3 Å². The summed E-state index contributed by atoms with van der Waals surface area (Å²) < 4.78 is 0. The molecule has 0 bridgehead atoms. The fourth-order valence-corrected chi connectivity index (χ4v) is 4.50. The summed E-state index contributed by atoms with van der Waals surface area (Å²) in [5.74, 6) is 0. The minimum atomic E-state index is 0.395. The topological polar surface area (TPSA) is 29.3 Å². The van der Waals surface area contributed by atoms with Gasteiger partial charge in [0.15, 0.2) is 0 Å². The molecule has 1 fully saturated rings. The van der Waals surface area contributed by atoms with Crippen molar-refractivity contribution in [3.63, 3.8) is 0 Å². The lowest BCUT2D eigenvalue weighted by molar-refractivity contribution is 0.0907. The Morgan fingerprint density at radius 3 is 3.00 bits per heavy atom. The predicted octanol–water partition coefficient (Wildman–Crippen LogP) is 2.94. The number of thiophene rings is 1. The molecule has 2 nitrogen and oxygen atoms in total. The van der Waals surface area contributed by atoms with Crippen LogP contribution in [-0.4, -0.2) is 23.5 Å². The molecule has 3 rings (SSSR count). The second-order valence-electron chi connectivity index (χ2n) is 5.48. The van der Waals surface area contributed by atoms with Crippen molar-refractivity contribution in [3.05, 3.63) is 21.9 Å². The lowest BCUT2D eigenvalue weighted by atomic mass is 9.87. The van der Waals surface area contributed by atoms with Gasteiger partial charge in [0, 0.05) is 29.5 Å². The lowest BCUT2D eigenvalue weighted by Gasteiger charge is -2.44.